The predicted molar refractivity (Wildman–Crippen MR) is 93.5 cm³/mol. The van der Waals surface area contributed by atoms with Crippen molar-refractivity contribution < 1.29 is 18.0 Å². The smallest absolute Gasteiger partial charge is 0.325 e. The summed E-state index contributed by atoms with van der Waals surface area (Å²) in [5.41, 5.74) is 2.24. The van der Waals surface area contributed by atoms with Gasteiger partial charge in [0, 0.05) is 18.1 Å². The van der Waals surface area contributed by atoms with Crippen molar-refractivity contribution in [3.8, 4) is 0 Å². The molecule has 0 saturated carbocycles. The Labute approximate surface area is 152 Å². The Morgan fingerprint density at radius 3 is 2.65 bits per heavy atom. The fourth-order valence-electron chi connectivity index (χ4n) is 2.58. The second-order valence-electron chi connectivity index (χ2n) is 6.08. The van der Waals surface area contributed by atoms with Crippen LogP contribution in [0.3, 0.4) is 0 Å². The molecule has 0 bridgehead atoms. The summed E-state index contributed by atoms with van der Waals surface area (Å²) < 4.78 is 39.8. The number of pyridine rings is 1. The number of imidazole rings is 1. The highest BCUT2D eigenvalue weighted by molar-refractivity contribution is 6.33. The zero-order chi connectivity index (χ0) is 19.1. The summed E-state index contributed by atoms with van der Waals surface area (Å²) >= 11 is 5.90. The minimum absolute atomic E-state index is 0.0766. The molecule has 0 aliphatic carbocycles. The van der Waals surface area contributed by atoms with Gasteiger partial charge in [0.1, 0.15) is 0 Å². The minimum Gasteiger partial charge on any atom is -0.325 e. The summed E-state index contributed by atoms with van der Waals surface area (Å²) in [5.74, 6) is -0.311. The normalized spacial score (nSPS) is 11.8. The number of aryl methyl sites for hydroxylation is 2. The molecule has 1 N–H and O–H groups in total. The lowest BCUT2D eigenvalue weighted by Gasteiger charge is -2.08. The van der Waals surface area contributed by atoms with E-state index in [0.29, 0.717) is 11.4 Å². The lowest BCUT2D eigenvalue weighted by molar-refractivity contribution is -0.137. The third kappa shape index (κ3) is 3.83. The highest BCUT2D eigenvalue weighted by Gasteiger charge is 2.32. The SMILES string of the molecule is Cc1ccc(C)c(NC(=O)Cc2cn3cc(C(F)(F)F)cc(Cl)c3n2)c1. The van der Waals surface area contributed by atoms with E-state index in [2.05, 4.69) is 10.3 Å². The number of halogens is 4. The maximum atomic E-state index is 12.9. The quantitative estimate of drug-likeness (QED) is 0.708. The Balaban J connectivity index is 1.83. The number of benzene rings is 1. The zero-order valence-corrected chi connectivity index (χ0v) is 14.7. The van der Waals surface area contributed by atoms with Crippen LogP contribution in [-0.4, -0.2) is 15.3 Å². The number of rotatable bonds is 3. The first-order chi connectivity index (χ1) is 12.1. The van der Waals surface area contributed by atoms with Crippen LogP contribution in [-0.2, 0) is 17.4 Å². The van der Waals surface area contributed by atoms with Crippen LogP contribution < -0.4 is 5.32 Å². The maximum absolute atomic E-state index is 12.9. The summed E-state index contributed by atoms with van der Waals surface area (Å²) in [6.07, 6.45) is -2.31. The summed E-state index contributed by atoms with van der Waals surface area (Å²) in [4.78, 5) is 16.4. The molecule has 2 heterocycles. The molecule has 3 rings (SSSR count). The molecule has 0 radical (unpaired) electrons. The number of nitrogens with zero attached hydrogens (tertiary/aromatic N) is 2. The van der Waals surface area contributed by atoms with E-state index in [-0.39, 0.29) is 23.0 Å². The molecule has 0 spiro atoms. The van der Waals surface area contributed by atoms with E-state index in [1.165, 1.54) is 10.6 Å². The average molecular weight is 382 g/mol. The van der Waals surface area contributed by atoms with Gasteiger partial charge >= 0.3 is 6.18 Å². The fraction of sp³-hybridized carbons (Fsp3) is 0.222. The molecular formula is C18H15ClF3N3O. The summed E-state index contributed by atoms with van der Waals surface area (Å²) in [6, 6.07) is 6.51. The van der Waals surface area contributed by atoms with Gasteiger partial charge in [0.2, 0.25) is 5.91 Å². The predicted octanol–water partition coefficient (Wildman–Crippen LogP) is 4.80. The van der Waals surface area contributed by atoms with Crippen molar-refractivity contribution in [3.63, 3.8) is 0 Å². The van der Waals surface area contributed by atoms with E-state index in [1.807, 2.05) is 32.0 Å². The molecular weight excluding hydrogens is 367 g/mol. The van der Waals surface area contributed by atoms with Gasteiger partial charge in [-0.2, -0.15) is 13.2 Å². The molecule has 2 aromatic heterocycles. The minimum atomic E-state index is -4.51. The van der Waals surface area contributed by atoms with Gasteiger partial charge in [-0.1, -0.05) is 23.7 Å². The number of aromatic nitrogens is 2. The van der Waals surface area contributed by atoms with E-state index >= 15 is 0 Å². The van der Waals surface area contributed by atoms with Gasteiger partial charge in [0.05, 0.1) is 22.7 Å². The first kappa shape index (κ1) is 18.3. The van der Waals surface area contributed by atoms with E-state index in [9.17, 15) is 18.0 Å². The van der Waals surface area contributed by atoms with Crippen molar-refractivity contribution in [1.82, 2.24) is 9.38 Å². The van der Waals surface area contributed by atoms with Crippen LogP contribution in [0.25, 0.3) is 5.65 Å². The van der Waals surface area contributed by atoms with E-state index < -0.39 is 11.7 Å². The van der Waals surface area contributed by atoms with Crippen LogP contribution in [0, 0.1) is 13.8 Å². The lowest BCUT2D eigenvalue weighted by Crippen LogP contribution is -2.15. The Hall–Kier alpha value is -2.54. The number of alkyl halides is 3. The van der Waals surface area contributed by atoms with Crippen LogP contribution >= 0.6 is 11.6 Å². The zero-order valence-electron chi connectivity index (χ0n) is 14.0. The molecule has 4 nitrogen and oxygen atoms in total. The van der Waals surface area contributed by atoms with Gasteiger partial charge in [-0.3, -0.25) is 4.79 Å². The van der Waals surface area contributed by atoms with E-state index in [0.717, 1.165) is 23.4 Å². The maximum Gasteiger partial charge on any atom is 0.417 e. The number of carbonyl (C=O) groups excluding carboxylic acids is 1. The van der Waals surface area contributed by atoms with Crippen molar-refractivity contribution in [3.05, 3.63) is 64.1 Å². The summed E-state index contributed by atoms with van der Waals surface area (Å²) in [5, 5.41) is 2.67. The topological polar surface area (TPSA) is 46.4 Å². The highest BCUT2D eigenvalue weighted by Crippen LogP contribution is 2.32. The van der Waals surface area contributed by atoms with E-state index in [4.69, 9.17) is 11.6 Å². The van der Waals surface area contributed by atoms with Crippen LogP contribution in [0.2, 0.25) is 5.02 Å². The van der Waals surface area contributed by atoms with Gasteiger partial charge < -0.3 is 9.72 Å². The second-order valence-corrected chi connectivity index (χ2v) is 6.49. The second kappa shape index (κ2) is 6.64. The lowest BCUT2D eigenvalue weighted by atomic mass is 10.1. The van der Waals surface area contributed by atoms with Crippen LogP contribution in [0.4, 0.5) is 18.9 Å². The molecule has 1 amide bonds. The first-order valence-corrected chi connectivity index (χ1v) is 8.13. The Morgan fingerprint density at radius 1 is 1.23 bits per heavy atom. The highest BCUT2D eigenvalue weighted by atomic mass is 35.5. The van der Waals surface area contributed by atoms with Crippen molar-refractivity contribution in [2.75, 3.05) is 5.32 Å². The van der Waals surface area contributed by atoms with Gasteiger partial charge in [-0.15, -0.1) is 0 Å². The molecule has 1 aromatic carbocycles. The van der Waals surface area contributed by atoms with Crippen LogP contribution in [0.5, 0.6) is 0 Å². The monoisotopic (exact) mass is 381 g/mol. The Kier molecular flexibility index (Phi) is 4.66. The molecule has 0 aliphatic rings. The first-order valence-electron chi connectivity index (χ1n) is 7.75. The average Bonchev–Trinajstić information content (AvgIpc) is 2.93. The third-order valence-electron chi connectivity index (χ3n) is 3.89. The number of carbonyl (C=O) groups is 1. The van der Waals surface area contributed by atoms with Gasteiger partial charge in [0.15, 0.2) is 5.65 Å². The fourth-order valence-corrected chi connectivity index (χ4v) is 2.83. The third-order valence-corrected chi connectivity index (χ3v) is 4.17. The van der Waals surface area contributed by atoms with Crippen molar-refractivity contribution >= 4 is 28.8 Å². The molecule has 3 aromatic rings. The number of hydrogen-bond acceptors (Lipinski definition) is 2. The number of amides is 1. The standard InChI is InChI=1S/C18H15ClF3N3O/c1-10-3-4-11(2)15(5-10)24-16(26)7-13-9-25-8-12(18(20,21)22)6-14(19)17(25)23-13/h3-6,8-9H,7H2,1-2H3,(H,24,26). The largest absolute Gasteiger partial charge is 0.417 e. The van der Waals surface area contributed by atoms with Gasteiger partial charge in [-0.05, 0) is 37.1 Å². The van der Waals surface area contributed by atoms with Crippen LogP contribution in [0.15, 0.2) is 36.7 Å². The number of nitrogens with one attached hydrogen (secondary N) is 1. The Bertz CT molecular complexity index is 995. The Morgan fingerprint density at radius 2 is 1.96 bits per heavy atom. The summed E-state index contributed by atoms with van der Waals surface area (Å²) in [6.45, 7) is 3.79. The number of hydrogen-bond donors (Lipinski definition) is 1. The molecule has 0 atom stereocenters. The molecule has 26 heavy (non-hydrogen) atoms. The van der Waals surface area contributed by atoms with Gasteiger partial charge in [0.25, 0.3) is 0 Å². The molecule has 0 fully saturated rings. The molecule has 8 heteroatoms. The van der Waals surface area contributed by atoms with Crippen molar-refractivity contribution in [2.24, 2.45) is 0 Å². The molecule has 0 unspecified atom stereocenters. The number of anilines is 1. The van der Waals surface area contributed by atoms with Crippen molar-refractivity contribution in [2.45, 2.75) is 26.4 Å². The van der Waals surface area contributed by atoms with Crippen molar-refractivity contribution in [1.29, 1.82) is 0 Å². The molecule has 0 saturated heterocycles. The van der Waals surface area contributed by atoms with Gasteiger partial charge in [-0.25, -0.2) is 4.98 Å². The molecule has 0 aliphatic heterocycles. The summed E-state index contributed by atoms with van der Waals surface area (Å²) in [7, 11) is 0. The van der Waals surface area contributed by atoms with E-state index in [1.54, 1.807) is 0 Å². The number of fused-ring (bicyclic) bond motifs is 1. The van der Waals surface area contributed by atoms with Crippen LogP contribution in [0.1, 0.15) is 22.4 Å². The molecule has 136 valence electrons.